The maximum atomic E-state index is 13.4. The van der Waals surface area contributed by atoms with Crippen LogP contribution in [-0.2, 0) is 35.4 Å². The molecule has 17 heteroatoms. The van der Waals surface area contributed by atoms with Crippen LogP contribution in [0.25, 0.3) is 0 Å². The standard InChI is InChI=1S/C32H46N8O8S/c1-5-26(43)38-18-39(27(44)6-2)20-40(19-38)28(45)13-15-49-17-25(42)37-29(21(3)4)31(47)36-24(8-7-14-34-32(33)48)30(46)35-23-11-9-22(16-41)10-12-23/h5-6,9-12,21,24,29,41H,1-2,7-8,13-20H2,3-4H3,(H,35,46)(H,36,47)(H,37,42)(H3,33,34,48)/t24-,29?/m0/s1. The number of nitrogens with two attached hydrogens (primary N) is 1. The van der Waals surface area contributed by atoms with Gasteiger partial charge in [-0.25, -0.2) is 4.79 Å². The molecule has 2 rings (SSSR count). The predicted molar refractivity (Wildman–Crippen MR) is 184 cm³/mol. The number of urea groups is 1. The zero-order chi connectivity index (χ0) is 36.5. The molecule has 0 radical (unpaired) electrons. The minimum Gasteiger partial charge on any atom is -0.392 e. The SMILES string of the molecule is C=CC(=O)N1CN(C(=O)C=C)CN(C(=O)CCSCC(=O)NC(C(=O)N[C@@H](CCCNC(N)=O)C(=O)Nc2ccc(CO)cc2)C(C)C)C1. The number of nitrogens with one attached hydrogen (secondary N) is 4. The molecule has 1 fully saturated rings. The van der Waals surface area contributed by atoms with Crippen molar-refractivity contribution in [2.24, 2.45) is 11.7 Å². The fourth-order valence-corrected chi connectivity index (χ4v) is 5.38. The summed E-state index contributed by atoms with van der Waals surface area (Å²) < 4.78 is 0. The maximum absolute atomic E-state index is 13.4. The second-order valence-corrected chi connectivity index (χ2v) is 12.6. The number of hydrogen-bond acceptors (Lipinski definition) is 9. The van der Waals surface area contributed by atoms with E-state index < -0.39 is 47.7 Å². The predicted octanol–water partition coefficient (Wildman–Crippen LogP) is 0.0587. The number of anilines is 1. The zero-order valence-electron chi connectivity index (χ0n) is 27.8. The van der Waals surface area contributed by atoms with Crippen molar-refractivity contribution >= 4 is 58.9 Å². The van der Waals surface area contributed by atoms with E-state index >= 15 is 0 Å². The van der Waals surface area contributed by atoms with Gasteiger partial charge in [0.1, 0.15) is 12.1 Å². The molecule has 0 spiro atoms. The normalized spacial score (nSPS) is 13.9. The first-order chi connectivity index (χ1) is 23.3. The highest BCUT2D eigenvalue weighted by atomic mass is 32.2. The number of benzene rings is 1. The molecule has 1 heterocycles. The summed E-state index contributed by atoms with van der Waals surface area (Å²) in [4.78, 5) is 91.6. The van der Waals surface area contributed by atoms with Crippen molar-refractivity contribution in [2.75, 3.05) is 43.4 Å². The number of carbonyl (C=O) groups excluding carboxylic acids is 7. The van der Waals surface area contributed by atoms with Gasteiger partial charge in [0.05, 0.1) is 32.4 Å². The molecule has 0 aromatic heterocycles. The molecular formula is C32H46N8O8S. The average molecular weight is 703 g/mol. The molecule has 0 saturated carbocycles. The Bertz CT molecular complexity index is 1350. The first-order valence-corrected chi connectivity index (χ1v) is 16.8. The van der Waals surface area contributed by atoms with E-state index in [1.165, 1.54) is 26.5 Å². The molecule has 1 aliphatic heterocycles. The Kier molecular flexibility index (Phi) is 16.8. The number of aliphatic hydroxyl groups is 1. The van der Waals surface area contributed by atoms with Gasteiger partial charge in [-0.3, -0.25) is 28.8 Å². The van der Waals surface area contributed by atoms with Crippen LogP contribution in [0.4, 0.5) is 10.5 Å². The molecule has 1 aromatic rings. The average Bonchev–Trinajstić information content (AvgIpc) is 3.09. The van der Waals surface area contributed by atoms with Crippen LogP contribution in [0.1, 0.15) is 38.7 Å². The topological polar surface area (TPSA) is 224 Å². The second kappa shape index (κ2) is 20.5. The summed E-state index contributed by atoms with van der Waals surface area (Å²) >= 11 is 1.17. The molecule has 8 amide bonds. The summed E-state index contributed by atoms with van der Waals surface area (Å²) in [6.45, 7) is 10.4. The molecule has 1 unspecified atom stereocenters. The Morgan fingerprint density at radius 1 is 0.918 bits per heavy atom. The number of amides is 8. The summed E-state index contributed by atoms with van der Waals surface area (Å²) in [5.74, 6) is -2.88. The van der Waals surface area contributed by atoms with Gasteiger partial charge in [0, 0.05) is 24.4 Å². The number of aliphatic hydroxyl groups excluding tert-OH is 1. The number of nitrogens with zero attached hydrogens (tertiary/aromatic N) is 3. The van der Waals surface area contributed by atoms with Gasteiger partial charge in [-0.05, 0) is 48.6 Å². The van der Waals surface area contributed by atoms with Gasteiger partial charge in [0.2, 0.25) is 35.4 Å². The summed E-state index contributed by atoms with van der Waals surface area (Å²) in [5, 5.41) is 19.8. The lowest BCUT2D eigenvalue weighted by Gasteiger charge is -2.41. The van der Waals surface area contributed by atoms with E-state index in [9.17, 15) is 38.7 Å². The van der Waals surface area contributed by atoms with Crippen LogP contribution in [0.2, 0.25) is 0 Å². The van der Waals surface area contributed by atoms with Crippen LogP contribution in [0.5, 0.6) is 0 Å². The van der Waals surface area contributed by atoms with Gasteiger partial charge in [0.15, 0.2) is 0 Å². The summed E-state index contributed by atoms with van der Waals surface area (Å²) in [5.41, 5.74) is 6.22. The Labute approximate surface area is 289 Å². The fourth-order valence-electron chi connectivity index (χ4n) is 4.65. The summed E-state index contributed by atoms with van der Waals surface area (Å²) in [6, 6.07) is 3.81. The fraction of sp³-hybridized carbons (Fsp3) is 0.469. The van der Waals surface area contributed by atoms with Gasteiger partial charge >= 0.3 is 6.03 Å². The van der Waals surface area contributed by atoms with Crippen LogP contribution in [0, 0.1) is 5.92 Å². The van der Waals surface area contributed by atoms with Crippen LogP contribution < -0.4 is 27.0 Å². The number of rotatable bonds is 18. The van der Waals surface area contributed by atoms with Gasteiger partial charge in [-0.1, -0.05) is 39.1 Å². The number of hydrogen-bond donors (Lipinski definition) is 6. The van der Waals surface area contributed by atoms with Crippen molar-refractivity contribution in [3.05, 3.63) is 55.1 Å². The third-order valence-corrected chi connectivity index (χ3v) is 8.27. The van der Waals surface area contributed by atoms with Crippen molar-refractivity contribution in [3.63, 3.8) is 0 Å². The van der Waals surface area contributed by atoms with E-state index in [0.29, 0.717) is 17.7 Å². The summed E-state index contributed by atoms with van der Waals surface area (Å²) in [6.07, 6.45) is 2.71. The van der Waals surface area contributed by atoms with Crippen molar-refractivity contribution < 1.29 is 38.7 Å². The first-order valence-electron chi connectivity index (χ1n) is 15.6. The van der Waals surface area contributed by atoms with E-state index in [0.717, 1.165) is 12.2 Å². The molecule has 0 aliphatic carbocycles. The van der Waals surface area contributed by atoms with E-state index in [2.05, 4.69) is 34.4 Å². The Hall–Kier alpha value is -4.90. The Morgan fingerprint density at radius 3 is 2.04 bits per heavy atom. The highest BCUT2D eigenvalue weighted by molar-refractivity contribution is 7.99. The highest BCUT2D eigenvalue weighted by Crippen LogP contribution is 2.14. The van der Waals surface area contributed by atoms with Gasteiger partial charge in [-0.2, -0.15) is 11.8 Å². The lowest BCUT2D eigenvalue weighted by Crippen LogP contribution is -2.59. The molecular weight excluding hydrogens is 656 g/mol. The largest absolute Gasteiger partial charge is 0.392 e. The lowest BCUT2D eigenvalue weighted by molar-refractivity contribution is -0.154. The van der Waals surface area contributed by atoms with Crippen LogP contribution in [0.3, 0.4) is 0 Å². The van der Waals surface area contributed by atoms with Gasteiger partial charge in [0.25, 0.3) is 0 Å². The van der Waals surface area contributed by atoms with Crippen LogP contribution in [-0.4, -0.2) is 111 Å². The monoisotopic (exact) mass is 702 g/mol. The molecule has 2 atom stereocenters. The van der Waals surface area contributed by atoms with E-state index in [1.807, 2.05) is 0 Å². The zero-order valence-corrected chi connectivity index (χ0v) is 28.6. The highest BCUT2D eigenvalue weighted by Gasteiger charge is 2.31. The van der Waals surface area contributed by atoms with Crippen molar-refractivity contribution in [1.29, 1.82) is 0 Å². The van der Waals surface area contributed by atoms with Crippen LogP contribution >= 0.6 is 11.8 Å². The second-order valence-electron chi connectivity index (χ2n) is 11.5. The first kappa shape index (κ1) is 40.3. The van der Waals surface area contributed by atoms with E-state index in [4.69, 9.17) is 5.73 Å². The molecule has 268 valence electrons. The van der Waals surface area contributed by atoms with Gasteiger partial charge in [-0.15, -0.1) is 0 Å². The van der Waals surface area contributed by atoms with Crippen LogP contribution in [0.15, 0.2) is 49.6 Å². The number of thioether (sulfide) groups is 1. The molecule has 1 saturated heterocycles. The quantitative estimate of drug-likeness (QED) is 0.0898. The maximum Gasteiger partial charge on any atom is 0.312 e. The minimum atomic E-state index is -1.01. The van der Waals surface area contributed by atoms with Crippen molar-refractivity contribution in [1.82, 2.24) is 30.7 Å². The Morgan fingerprint density at radius 2 is 1.51 bits per heavy atom. The molecule has 7 N–H and O–H groups in total. The molecule has 49 heavy (non-hydrogen) atoms. The van der Waals surface area contributed by atoms with E-state index in [-0.39, 0.29) is 69.3 Å². The Balaban J connectivity index is 1.95. The third-order valence-electron chi connectivity index (χ3n) is 7.31. The third kappa shape index (κ3) is 13.6. The van der Waals surface area contributed by atoms with Crippen molar-refractivity contribution in [3.8, 4) is 0 Å². The smallest absolute Gasteiger partial charge is 0.312 e. The number of carbonyl (C=O) groups is 7. The minimum absolute atomic E-state index is 0.00383. The molecule has 1 aromatic carbocycles. The lowest BCUT2D eigenvalue weighted by atomic mass is 10.0. The molecule has 16 nitrogen and oxygen atoms in total. The molecule has 0 bridgehead atoms. The summed E-state index contributed by atoms with van der Waals surface area (Å²) in [7, 11) is 0. The van der Waals surface area contributed by atoms with Gasteiger partial charge < -0.3 is 46.8 Å². The molecule has 1 aliphatic rings. The number of primary amides is 1. The van der Waals surface area contributed by atoms with Crippen molar-refractivity contribution in [2.45, 2.75) is 51.8 Å². The van der Waals surface area contributed by atoms with E-state index in [1.54, 1.807) is 38.1 Å².